The third kappa shape index (κ3) is 2.42. The second kappa shape index (κ2) is 4.64. The van der Waals surface area contributed by atoms with Gasteiger partial charge in [-0.05, 0) is 12.1 Å². The van der Waals surface area contributed by atoms with Crippen LogP contribution in [0, 0.1) is 0 Å². The molecule has 0 N–H and O–H groups in total. The maximum atomic E-state index is 10.6. The second-order valence-electron chi connectivity index (χ2n) is 5.08. The Bertz CT molecular complexity index is 539. The van der Waals surface area contributed by atoms with E-state index in [0.717, 1.165) is 11.4 Å². The molecule has 4 heteroatoms. The first-order chi connectivity index (χ1) is 8.52. The standard InChI is InChI=1S/C14H16N2O2/c1-14(2,3)12-9-13(18-10-17)16(15-12)11-7-5-4-6-8-11/h4-10H,1-3H3. The first-order valence-corrected chi connectivity index (χ1v) is 5.78. The van der Waals surface area contributed by atoms with E-state index in [1.54, 1.807) is 10.7 Å². The van der Waals surface area contributed by atoms with Crippen molar-refractivity contribution < 1.29 is 9.53 Å². The van der Waals surface area contributed by atoms with Crippen molar-refractivity contribution in [3.05, 3.63) is 42.1 Å². The molecular weight excluding hydrogens is 228 g/mol. The van der Waals surface area contributed by atoms with Gasteiger partial charge in [-0.25, -0.2) is 4.68 Å². The summed E-state index contributed by atoms with van der Waals surface area (Å²) in [6.07, 6.45) is 0. The highest BCUT2D eigenvalue weighted by atomic mass is 16.5. The van der Waals surface area contributed by atoms with Crippen LogP contribution in [0.5, 0.6) is 5.88 Å². The van der Waals surface area contributed by atoms with E-state index in [0.29, 0.717) is 12.4 Å². The van der Waals surface area contributed by atoms with Gasteiger partial charge in [-0.15, -0.1) is 0 Å². The van der Waals surface area contributed by atoms with Crippen molar-refractivity contribution in [2.24, 2.45) is 0 Å². The Balaban J connectivity index is 2.52. The van der Waals surface area contributed by atoms with E-state index in [1.165, 1.54) is 0 Å². The van der Waals surface area contributed by atoms with Gasteiger partial charge in [-0.2, -0.15) is 5.10 Å². The van der Waals surface area contributed by atoms with Gasteiger partial charge in [0.25, 0.3) is 6.47 Å². The Labute approximate surface area is 106 Å². The van der Waals surface area contributed by atoms with Crippen LogP contribution in [-0.4, -0.2) is 16.3 Å². The first-order valence-electron chi connectivity index (χ1n) is 5.78. The fourth-order valence-corrected chi connectivity index (χ4v) is 1.62. The SMILES string of the molecule is CC(C)(C)c1cc(OC=O)n(-c2ccccc2)n1. The van der Waals surface area contributed by atoms with Crippen molar-refractivity contribution >= 4 is 6.47 Å². The zero-order chi connectivity index (χ0) is 13.2. The van der Waals surface area contributed by atoms with Crippen molar-refractivity contribution in [1.82, 2.24) is 9.78 Å². The molecule has 0 aliphatic carbocycles. The van der Waals surface area contributed by atoms with Gasteiger partial charge in [0.1, 0.15) is 0 Å². The number of aromatic nitrogens is 2. The van der Waals surface area contributed by atoms with Crippen LogP contribution in [0.1, 0.15) is 26.5 Å². The van der Waals surface area contributed by atoms with Gasteiger partial charge < -0.3 is 4.74 Å². The quantitative estimate of drug-likeness (QED) is 0.780. The molecule has 2 rings (SSSR count). The number of nitrogens with zero attached hydrogens (tertiary/aromatic N) is 2. The summed E-state index contributed by atoms with van der Waals surface area (Å²) in [6, 6.07) is 11.4. The minimum Gasteiger partial charge on any atom is -0.410 e. The van der Waals surface area contributed by atoms with Crippen LogP contribution >= 0.6 is 0 Å². The molecule has 0 aliphatic heterocycles. The van der Waals surface area contributed by atoms with E-state index in [2.05, 4.69) is 25.9 Å². The summed E-state index contributed by atoms with van der Waals surface area (Å²) in [4.78, 5) is 10.6. The molecule has 0 saturated heterocycles. The molecule has 0 spiro atoms. The highest BCUT2D eigenvalue weighted by molar-refractivity contribution is 5.46. The van der Waals surface area contributed by atoms with Crippen LogP contribution in [0.3, 0.4) is 0 Å². The van der Waals surface area contributed by atoms with E-state index in [9.17, 15) is 4.79 Å². The molecule has 0 radical (unpaired) electrons. The van der Waals surface area contributed by atoms with Crippen molar-refractivity contribution in [2.75, 3.05) is 0 Å². The number of carbonyl (C=O) groups is 1. The molecule has 0 amide bonds. The molecule has 0 aliphatic rings. The molecule has 94 valence electrons. The van der Waals surface area contributed by atoms with Gasteiger partial charge >= 0.3 is 0 Å². The Hall–Kier alpha value is -2.10. The van der Waals surface area contributed by atoms with Crippen LogP contribution in [-0.2, 0) is 10.2 Å². The zero-order valence-corrected chi connectivity index (χ0v) is 10.8. The largest absolute Gasteiger partial charge is 0.410 e. The molecular formula is C14H16N2O2. The van der Waals surface area contributed by atoms with Crippen LogP contribution in [0.25, 0.3) is 5.69 Å². The van der Waals surface area contributed by atoms with E-state index in [-0.39, 0.29) is 5.41 Å². The fraction of sp³-hybridized carbons (Fsp3) is 0.286. The topological polar surface area (TPSA) is 44.1 Å². The second-order valence-corrected chi connectivity index (χ2v) is 5.08. The lowest BCUT2D eigenvalue weighted by Gasteiger charge is -2.13. The summed E-state index contributed by atoms with van der Waals surface area (Å²) in [5.41, 5.74) is 1.65. The number of hydrogen-bond donors (Lipinski definition) is 0. The molecule has 0 unspecified atom stereocenters. The minimum atomic E-state index is -0.0962. The number of benzene rings is 1. The third-order valence-corrected chi connectivity index (χ3v) is 2.61. The molecule has 18 heavy (non-hydrogen) atoms. The normalized spacial score (nSPS) is 11.3. The van der Waals surface area contributed by atoms with Gasteiger partial charge in [-0.3, -0.25) is 4.79 Å². The van der Waals surface area contributed by atoms with Crippen molar-refractivity contribution in [3.63, 3.8) is 0 Å². The predicted octanol–water partition coefficient (Wildman–Crippen LogP) is 2.71. The average Bonchev–Trinajstić information content (AvgIpc) is 2.75. The van der Waals surface area contributed by atoms with Crippen LogP contribution < -0.4 is 4.74 Å². The van der Waals surface area contributed by atoms with Gasteiger partial charge in [0.15, 0.2) is 0 Å². The van der Waals surface area contributed by atoms with Crippen LogP contribution in [0.15, 0.2) is 36.4 Å². The number of carbonyl (C=O) groups excluding carboxylic acids is 1. The summed E-state index contributed by atoms with van der Waals surface area (Å²) in [7, 11) is 0. The number of para-hydroxylation sites is 1. The Morgan fingerprint density at radius 2 is 1.89 bits per heavy atom. The van der Waals surface area contributed by atoms with Gasteiger partial charge in [0, 0.05) is 11.5 Å². The van der Waals surface area contributed by atoms with E-state index >= 15 is 0 Å². The lowest BCUT2D eigenvalue weighted by atomic mass is 9.93. The number of ether oxygens (including phenoxy) is 1. The maximum Gasteiger partial charge on any atom is 0.299 e. The number of hydrogen-bond acceptors (Lipinski definition) is 3. The summed E-state index contributed by atoms with van der Waals surface area (Å²) < 4.78 is 6.62. The van der Waals surface area contributed by atoms with E-state index in [1.807, 2.05) is 30.3 Å². The van der Waals surface area contributed by atoms with Crippen molar-refractivity contribution in [3.8, 4) is 11.6 Å². The zero-order valence-electron chi connectivity index (χ0n) is 10.8. The Morgan fingerprint density at radius 3 is 2.44 bits per heavy atom. The van der Waals surface area contributed by atoms with Gasteiger partial charge in [-0.1, -0.05) is 39.0 Å². The molecule has 4 nitrogen and oxygen atoms in total. The lowest BCUT2D eigenvalue weighted by molar-refractivity contribution is -0.121. The summed E-state index contributed by atoms with van der Waals surface area (Å²) >= 11 is 0. The van der Waals surface area contributed by atoms with Gasteiger partial charge in [0.05, 0.1) is 11.4 Å². The lowest BCUT2D eigenvalue weighted by Crippen LogP contribution is -2.12. The molecule has 1 heterocycles. The summed E-state index contributed by atoms with van der Waals surface area (Å²) in [5.74, 6) is 0.432. The first kappa shape index (κ1) is 12.4. The Morgan fingerprint density at radius 1 is 1.22 bits per heavy atom. The highest BCUT2D eigenvalue weighted by Gasteiger charge is 2.21. The van der Waals surface area contributed by atoms with Crippen molar-refractivity contribution in [1.29, 1.82) is 0 Å². The maximum absolute atomic E-state index is 10.6. The highest BCUT2D eigenvalue weighted by Crippen LogP contribution is 2.27. The van der Waals surface area contributed by atoms with Crippen LogP contribution in [0.4, 0.5) is 0 Å². The monoisotopic (exact) mass is 244 g/mol. The van der Waals surface area contributed by atoms with Gasteiger partial charge in [0.2, 0.25) is 5.88 Å². The molecule has 1 aromatic carbocycles. The third-order valence-electron chi connectivity index (χ3n) is 2.61. The molecule has 0 saturated carbocycles. The fourth-order valence-electron chi connectivity index (χ4n) is 1.62. The molecule has 0 fully saturated rings. The van der Waals surface area contributed by atoms with Crippen molar-refractivity contribution in [2.45, 2.75) is 26.2 Å². The number of rotatable bonds is 3. The summed E-state index contributed by atoms with van der Waals surface area (Å²) in [6.45, 7) is 6.61. The van der Waals surface area contributed by atoms with E-state index in [4.69, 9.17) is 4.74 Å². The molecule has 1 aromatic heterocycles. The average molecular weight is 244 g/mol. The molecule has 2 aromatic rings. The van der Waals surface area contributed by atoms with Crippen LogP contribution in [0.2, 0.25) is 0 Å². The molecule has 0 bridgehead atoms. The summed E-state index contributed by atoms with van der Waals surface area (Å²) in [5, 5.41) is 4.50. The predicted molar refractivity (Wildman–Crippen MR) is 69.0 cm³/mol. The van der Waals surface area contributed by atoms with E-state index < -0.39 is 0 Å². The molecule has 0 atom stereocenters. The Kier molecular flexibility index (Phi) is 3.19. The smallest absolute Gasteiger partial charge is 0.299 e. The minimum absolute atomic E-state index is 0.0962.